The van der Waals surface area contributed by atoms with E-state index < -0.39 is 0 Å². The third kappa shape index (κ3) is 3.45. The fourth-order valence-electron chi connectivity index (χ4n) is 3.38. The topological polar surface area (TPSA) is 85.0 Å². The number of nitrogens with one attached hydrogen (secondary N) is 2. The van der Waals surface area contributed by atoms with Gasteiger partial charge in [0, 0.05) is 44.4 Å². The van der Waals surface area contributed by atoms with Crippen LogP contribution in [0.25, 0.3) is 11.1 Å². The smallest absolute Gasteiger partial charge is 0.229 e. The summed E-state index contributed by atoms with van der Waals surface area (Å²) in [6, 6.07) is 5.56. The van der Waals surface area contributed by atoms with E-state index in [1.54, 1.807) is 4.68 Å². The van der Waals surface area contributed by atoms with Gasteiger partial charge < -0.3 is 15.1 Å². The van der Waals surface area contributed by atoms with E-state index in [9.17, 15) is 4.79 Å². The summed E-state index contributed by atoms with van der Waals surface area (Å²) in [5.41, 5.74) is 3.34. The number of carbonyl (C=O) groups is 1. The third-order valence-corrected chi connectivity index (χ3v) is 4.71. The van der Waals surface area contributed by atoms with Gasteiger partial charge in [-0.05, 0) is 23.8 Å². The highest BCUT2D eigenvalue weighted by Gasteiger charge is 2.34. The van der Waals surface area contributed by atoms with Crippen molar-refractivity contribution in [2.24, 2.45) is 13.0 Å². The molecule has 26 heavy (non-hydrogen) atoms. The molecule has 2 N–H and O–H groups in total. The zero-order valence-electron chi connectivity index (χ0n) is 14.7. The molecule has 1 saturated heterocycles. The highest BCUT2D eigenvalue weighted by atomic mass is 35.5. The van der Waals surface area contributed by atoms with Crippen molar-refractivity contribution in [3.05, 3.63) is 42.0 Å². The molecule has 4 rings (SSSR count). The van der Waals surface area contributed by atoms with Gasteiger partial charge in [0.1, 0.15) is 5.52 Å². The van der Waals surface area contributed by atoms with E-state index in [4.69, 9.17) is 4.42 Å². The zero-order valence-corrected chi connectivity index (χ0v) is 15.5. The number of carbonyl (C=O) groups excluding carboxylic acids is 1. The molecule has 1 amide bonds. The lowest BCUT2D eigenvalue weighted by Crippen LogP contribution is -2.28. The van der Waals surface area contributed by atoms with Gasteiger partial charge in [-0.15, -0.1) is 12.4 Å². The Kier molecular flexibility index (Phi) is 5.29. The lowest BCUT2D eigenvalue weighted by atomic mass is 9.90. The van der Waals surface area contributed by atoms with Gasteiger partial charge in [-0.25, -0.2) is 4.98 Å². The monoisotopic (exact) mass is 375 g/mol. The molecule has 2 atom stereocenters. The normalized spacial score (nSPS) is 19.5. The maximum absolute atomic E-state index is 12.8. The van der Waals surface area contributed by atoms with Crippen LogP contribution in [0.1, 0.15) is 24.3 Å². The minimum absolute atomic E-state index is 0. The summed E-state index contributed by atoms with van der Waals surface area (Å²) >= 11 is 0. The fourth-order valence-corrected chi connectivity index (χ4v) is 3.38. The van der Waals surface area contributed by atoms with E-state index in [2.05, 4.69) is 20.7 Å². The highest BCUT2D eigenvalue weighted by molar-refractivity contribution is 5.95. The van der Waals surface area contributed by atoms with Crippen LogP contribution in [0, 0.1) is 5.92 Å². The van der Waals surface area contributed by atoms with Gasteiger partial charge in [0.25, 0.3) is 0 Å². The summed E-state index contributed by atoms with van der Waals surface area (Å²) < 4.78 is 7.38. The summed E-state index contributed by atoms with van der Waals surface area (Å²) in [4.78, 5) is 17.2. The van der Waals surface area contributed by atoms with E-state index in [1.807, 2.05) is 44.6 Å². The number of aromatic nitrogens is 3. The molecule has 1 aliphatic rings. The molecule has 0 radical (unpaired) electrons. The molecule has 0 bridgehead atoms. The van der Waals surface area contributed by atoms with Gasteiger partial charge in [-0.2, -0.15) is 5.10 Å². The maximum atomic E-state index is 12.8. The summed E-state index contributed by atoms with van der Waals surface area (Å²) in [5.74, 6) is 0.729. The van der Waals surface area contributed by atoms with Crippen LogP contribution < -0.4 is 10.6 Å². The first-order valence-corrected chi connectivity index (χ1v) is 8.53. The number of halogens is 1. The van der Waals surface area contributed by atoms with Crippen LogP contribution in [-0.2, 0) is 18.3 Å². The number of fused-ring (bicyclic) bond motifs is 1. The summed E-state index contributed by atoms with van der Waals surface area (Å²) in [7, 11) is 1.89. The predicted octanol–water partition coefficient (Wildman–Crippen LogP) is 2.49. The highest BCUT2D eigenvalue weighted by Crippen LogP contribution is 2.29. The van der Waals surface area contributed by atoms with Crippen LogP contribution >= 0.6 is 12.4 Å². The average Bonchev–Trinajstić information content (AvgIpc) is 3.32. The molecule has 1 aliphatic heterocycles. The largest absolute Gasteiger partial charge is 0.441 e. The van der Waals surface area contributed by atoms with Crippen LogP contribution in [0.5, 0.6) is 0 Å². The molecule has 0 spiro atoms. The molecule has 0 saturated carbocycles. The maximum Gasteiger partial charge on any atom is 0.229 e. The van der Waals surface area contributed by atoms with Crippen molar-refractivity contribution in [3.8, 4) is 0 Å². The Balaban J connectivity index is 0.00000196. The zero-order chi connectivity index (χ0) is 17.4. The van der Waals surface area contributed by atoms with Crippen LogP contribution in [0.4, 0.5) is 5.69 Å². The third-order valence-electron chi connectivity index (χ3n) is 4.71. The number of oxazole rings is 1. The van der Waals surface area contributed by atoms with Gasteiger partial charge in [0.05, 0.1) is 12.1 Å². The van der Waals surface area contributed by atoms with Gasteiger partial charge in [-0.1, -0.05) is 6.92 Å². The van der Waals surface area contributed by atoms with E-state index in [-0.39, 0.29) is 30.2 Å². The van der Waals surface area contributed by atoms with E-state index in [1.165, 1.54) is 0 Å². The molecule has 0 unspecified atom stereocenters. The van der Waals surface area contributed by atoms with Gasteiger partial charge in [0.15, 0.2) is 11.5 Å². The second-order valence-electron chi connectivity index (χ2n) is 6.45. The molecule has 1 fully saturated rings. The number of benzene rings is 1. The summed E-state index contributed by atoms with van der Waals surface area (Å²) in [6.07, 6.45) is 4.56. The quantitative estimate of drug-likeness (QED) is 0.731. The van der Waals surface area contributed by atoms with Crippen molar-refractivity contribution >= 4 is 35.1 Å². The Labute approximate surface area is 157 Å². The average molecular weight is 376 g/mol. The molecular weight excluding hydrogens is 354 g/mol. The Morgan fingerprint density at radius 1 is 1.42 bits per heavy atom. The molecule has 0 aliphatic carbocycles. The van der Waals surface area contributed by atoms with Crippen molar-refractivity contribution in [2.75, 3.05) is 18.4 Å². The summed E-state index contributed by atoms with van der Waals surface area (Å²) in [6.45, 7) is 3.45. The number of amides is 1. The number of anilines is 1. The number of aryl methyl sites for hydroxylation is 2. The number of hydrogen-bond acceptors (Lipinski definition) is 5. The van der Waals surface area contributed by atoms with Crippen LogP contribution in [0.15, 0.2) is 35.0 Å². The van der Waals surface area contributed by atoms with Crippen molar-refractivity contribution in [1.82, 2.24) is 20.1 Å². The first kappa shape index (κ1) is 18.4. The fraction of sp³-hybridized carbons (Fsp3) is 0.389. The van der Waals surface area contributed by atoms with E-state index in [0.29, 0.717) is 12.4 Å². The first-order chi connectivity index (χ1) is 12.1. The summed E-state index contributed by atoms with van der Waals surface area (Å²) in [5, 5.41) is 10.6. The lowest BCUT2D eigenvalue weighted by molar-refractivity contribution is -0.119. The minimum atomic E-state index is -0.122. The molecule has 1 aromatic carbocycles. The number of hydrogen-bond donors (Lipinski definition) is 2. The van der Waals surface area contributed by atoms with E-state index in [0.717, 1.165) is 35.3 Å². The van der Waals surface area contributed by atoms with E-state index >= 15 is 0 Å². The van der Waals surface area contributed by atoms with Gasteiger partial charge in [0.2, 0.25) is 5.91 Å². The van der Waals surface area contributed by atoms with Crippen molar-refractivity contribution in [2.45, 2.75) is 19.3 Å². The predicted molar refractivity (Wildman–Crippen MR) is 102 cm³/mol. The first-order valence-electron chi connectivity index (χ1n) is 8.53. The molecule has 3 aromatic rings. The van der Waals surface area contributed by atoms with Gasteiger partial charge >= 0.3 is 0 Å². The Morgan fingerprint density at radius 2 is 2.27 bits per heavy atom. The van der Waals surface area contributed by atoms with Crippen LogP contribution in [-0.4, -0.2) is 33.8 Å². The van der Waals surface area contributed by atoms with Crippen molar-refractivity contribution in [1.29, 1.82) is 0 Å². The lowest BCUT2D eigenvalue weighted by Gasteiger charge is -2.17. The second kappa shape index (κ2) is 7.47. The van der Waals surface area contributed by atoms with Crippen LogP contribution in [0.2, 0.25) is 0 Å². The molecule has 138 valence electrons. The molecular formula is C18H22ClN5O2. The number of rotatable bonds is 4. The molecule has 7 nitrogen and oxygen atoms in total. The van der Waals surface area contributed by atoms with Gasteiger partial charge in [-0.3, -0.25) is 9.48 Å². The van der Waals surface area contributed by atoms with Crippen molar-refractivity contribution in [3.63, 3.8) is 0 Å². The minimum Gasteiger partial charge on any atom is -0.441 e. The van der Waals surface area contributed by atoms with Crippen LogP contribution in [0.3, 0.4) is 0 Å². The Bertz CT molecular complexity index is 919. The van der Waals surface area contributed by atoms with Crippen molar-refractivity contribution < 1.29 is 9.21 Å². The Hall–Kier alpha value is -2.38. The molecule has 8 heteroatoms. The second-order valence-corrected chi connectivity index (χ2v) is 6.45. The SMILES string of the molecule is CCc1nc2cc(NC(=O)[C@H]3CNC[C@@H]3c3cnn(C)c3)ccc2o1.Cl. The Morgan fingerprint density at radius 3 is 3.00 bits per heavy atom. The number of nitrogens with zero attached hydrogens (tertiary/aromatic N) is 3. The standard InChI is InChI=1S/C18H21N5O2.ClH/c1-3-17-22-15-6-12(4-5-16(15)25-17)21-18(24)14-9-19-8-13(14)11-7-20-23(2)10-11;/h4-7,10,13-14,19H,3,8-9H2,1-2H3,(H,21,24);1H/t13-,14+;/m1./s1. The molecule has 2 aromatic heterocycles. The molecule has 3 heterocycles.